The largest absolute Gasteiger partial charge is 0.362 e. The molecule has 0 heterocycles. The normalized spacial score (nSPS) is 11.5. The molecule has 0 aliphatic rings. The van der Waals surface area contributed by atoms with Gasteiger partial charge in [0.2, 0.25) is 0 Å². The first-order chi connectivity index (χ1) is 8.70. The van der Waals surface area contributed by atoms with Gasteiger partial charge in [0.25, 0.3) is 0 Å². The second kappa shape index (κ2) is 6.38. The standard InChI is InChI=1S/C16H26N2S/c1-11(2)13-9-7-8-12(3)14(13)18-15(19)17-10-16(4,5)6/h7-9,11H,10H2,1-6H3,(H2,17,18,19). The van der Waals surface area contributed by atoms with Crippen LogP contribution in [0.4, 0.5) is 5.69 Å². The molecule has 106 valence electrons. The van der Waals surface area contributed by atoms with Crippen LogP contribution in [-0.2, 0) is 0 Å². The molecule has 0 amide bonds. The van der Waals surface area contributed by atoms with Gasteiger partial charge < -0.3 is 10.6 Å². The van der Waals surface area contributed by atoms with Crippen LogP contribution >= 0.6 is 12.2 Å². The molecule has 3 heteroatoms. The molecule has 1 rings (SSSR count). The summed E-state index contributed by atoms with van der Waals surface area (Å²) in [4.78, 5) is 0. The Morgan fingerprint density at radius 3 is 2.42 bits per heavy atom. The van der Waals surface area contributed by atoms with Gasteiger partial charge in [0, 0.05) is 12.2 Å². The molecule has 0 bridgehead atoms. The van der Waals surface area contributed by atoms with Crippen molar-refractivity contribution in [2.24, 2.45) is 5.41 Å². The number of nitrogens with one attached hydrogen (secondary N) is 2. The molecule has 1 aromatic carbocycles. The summed E-state index contributed by atoms with van der Waals surface area (Å²) in [5.74, 6) is 0.479. The SMILES string of the molecule is Cc1cccc(C(C)C)c1NC(=S)NCC(C)(C)C. The average Bonchev–Trinajstić information content (AvgIpc) is 2.28. The van der Waals surface area contributed by atoms with Crippen molar-refractivity contribution < 1.29 is 0 Å². The van der Waals surface area contributed by atoms with Crippen molar-refractivity contribution in [1.82, 2.24) is 5.32 Å². The van der Waals surface area contributed by atoms with Gasteiger partial charge in [0.15, 0.2) is 5.11 Å². The Labute approximate surface area is 123 Å². The Balaban J connectivity index is 2.79. The first-order valence-electron chi connectivity index (χ1n) is 6.85. The number of hydrogen-bond donors (Lipinski definition) is 2. The van der Waals surface area contributed by atoms with Gasteiger partial charge in [-0.3, -0.25) is 0 Å². The van der Waals surface area contributed by atoms with Crippen molar-refractivity contribution >= 4 is 23.0 Å². The number of anilines is 1. The van der Waals surface area contributed by atoms with Gasteiger partial charge in [-0.25, -0.2) is 0 Å². The fraction of sp³-hybridized carbons (Fsp3) is 0.562. The Morgan fingerprint density at radius 1 is 1.26 bits per heavy atom. The lowest BCUT2D eigenvalue weighted by molar-refractivity contribution is 0.409. The summed E-state index contributed by atoms with van der Waals surface area (Å²) >= 11 is 5.39. The predicted molar refractivity (Wildman–Crippen MR) is 88.9 cm³/mol. The monoisotopic (exact) mass is 278 g/mol. The maximum atomic E-state index is 5.39. The summed E-state index contributed by atoms with van der Waals surface area (Å²) in [6.07, 6.45) is 0. The molecule has 0 saturated carbocycles. The van der Waals surface area contributed by atoms with Crippen LogP contribution in [0.15, 0.2) is 18.2 Å². The predicted octanol–water partition coefficient (Wildman–Crippen LogP) is 4.45. The summed E-state index contributed by atoms with van der Waals surface area (Å²) in [5.41, 5.74) is 3.90. The van der Waals surface area contributed by atoms with Crippen LogP contribution in [0.3, 0.4) is 0 Å². The molecule has 0 fully saturated rings. The summed E-state index contributed by atoms with van der Waals surface area (Å²) in [6.45, 7) is 13.9. The molecular formula is C16H26N2S. The molecule has 0 unspecified atom stereocenters. The maximum Gasteiger partial charge on any atom is 0.170 e. The molecule has 0 aliphatic heterocycles. The minimum atomic E-state index is 0.221. The topological polar surface area (TPSA) is 24.1 Å². The third-order valence-electron chi connectivity index (χ3n) is 2.94. The van der Waals surface area contributed by atoms with Gasteiger partial charge in [0.1, 0.15) is 0 Å². The Morgan fingerprint density at radius 2 is 1.89 bits per heavy atom. The van der Waals surface area contributed by atoms with Crippen LogP contribution in [0.5, 0.6) is 0 Å². The highest BCUT2D eigenvalue weighted by molar-refractivity contribution is 7.80. The van der Waals surface area contributed by atoms with E-state index in [1.54, 1.807) is 0 Å². The van der Waals surface area contributed by atoms with Crippen molar-refractivity contribution in [3.8, 4) is 0 Å². The Hall–Kier alpha value is -1.09. The lowest BCUT2D eigenvalue weighted by Gasteiger charge is -2.22. The van der Waals surface area contributed by atoms with E-state index < -0.39 is 0 Å². The molecule has 0 aliphatic carbocycles. The second-order valence-electron chi connectivity index (χ2n) is 6.56. The maximum absolute atomic E-state index is 5.39. The molecule has 0 spiro atoms. The highest BCUT2D eigenvalue weighted by Crippen LogP contribution is 2.27. The summed E-state index contributed by atoms with van der Waals surface area (Å²) < 4.78 is 0. The van der Waals surface area contributed by atoms with Gasteiger partial charge in [-0.05, 0) is 41.6 Å². The van der Waals surface area contributed by atoms with Gasteiger partial charge >= 0.3 is 0 Å². The lowest BCUT2D eigenvalue weighted by Crippen LogP contribution is -2.35. The molecule has 0 atom stereocenters. The lowest BCUT2D eigenvalue weighted by atomic mass is 9.97. The van der Waals surface area contributed by atoms with Gasteiger partial charge in [-0.15, -0.1) is 0 Å². The van der Waals surface area contributed by atoms with Gasteiger partial charge in [0.05, 0.1) is 0 Å². The fourth-order valence-corrected chi connectivity index (χ4v) is 2.02. The van der Waals surface area contributed by atoms with Gasteiger partial charge in [-0.2, -0.15) is 0 Å². The van der Waals surface area contributed by atoms with E-state index in [9.17, 15) is 0 Å². The van der Waals surface area contributed by atoms with Crippen LogP contribution in [0.1, 0.15) is 51.7 Å². The Kier molecular flexibility index (Phi) is 5.36. The molecular weight excluding hydrogens is 252 g/mol. The molecule has 0 saturated heterocycles. The van der Waals surface area contributed by atoms with E-state index in [1.807, 2.05) is 0 Å². The van der Waals surface area contributed by atoms with E-state index >= 15 is 0 Å². The van der Waals surface area contributed by atoms with Crippen molar-refractivity contribution in [2.45, 2.75) is 47.5 Å². The smallest absolute Gasteiger partial charge is 0.170 e. The summed E-state index contributed by atoms with van der Waals surface area (Å²) in [5, 5.41) is 7.34. The highest BCUT2D eigenvalue weighted by Gasteiger charge is 2.13. The number of rotatable bonds is 3. The number of aryl methyl sites for hydroxylation is 1. The molecule has 2 nitrogen and oxygen atoms in total. The van der Waals surface area contributed by atoms with E-state index in [4.69, 9.17) is 12.2 Å². The van der Waals surface area contributed by atoms with Crippen molar-refractivity contribution in [3.63, 3.8) is 0 Å². The summed E-state index contributed by atoms with van der Waals surface area (Å²) in [7, 11) is 0. The van der Waals surface area contributed by atoms with Crippen LogP contribution in [0.25, 0.3) is 0 Å². The van der Waals surface area contributed by atoms with Crippen LogP contribution in [0.2, 0.25) is 0 Å². The highest BCUT2D eigenvalue weighted by atomic mass is 32.1. The summed E-state index contributed by atoms with van der Waals surface area (Å²) in [6, 6.07) is 6.37. The molecule has 1 aromatic rings. The van der Waals surface area contributed by atoms with Crippen LogP contribution < -0.4 is 10.6 Å². The minimum absolute atomic E-state index is 0.221. The Bertz CT molecular complexity index is 445. The zero-order valence-corrected chi connectivity index (χ0v) is 13.7. The first-order valence-corrected chi connectivity index (χ1v) is 7.26. The number of benzene rings is 1. The zero-order valence-electron chi connectivity index (χ0n) is 12.9. The van der Waals surface area contributed by atoms with Crippen LogP contribution in [0, 0.1) is 12.3 Å². The molecule has 0 aromatic heterocycles. The molecule has 19 heavy (non-hydrogen) atoms. The fourth-order valence-electron chi connectivity index (χ4n) is 1.85. The quantitative estimate of drug-likeness (QED) is 0.799. The molecule has 2 N–H and O–H groups in total. The number of hydrogen-bond acceptors (Lipinski definition) is 1. The number of thiocarbonyl (C=S) groups is 1. The average molecular weight is 278 g/mol. The number of para-hydroxylation sites is 1. The van der Waals surface area contributed by atoms with Crippen LogP contribution in [-0.4, -0.2) is 11.7 Å². The second-order valence-corrected chi connectivity index (χ2v) is 6.97. The zero-order chi connectivity index (χ0) is 14.6. The molecule has 0 radical (unpaired) electrons. The van der Waals surface area contributed by atoms with E-state index in [0.29, 0.717) is 11.0 Å². The van der Waals surface area contributed by atoms with Crippen molar-refractivity contribution in [1.29, 1.82) is 0 Å². The van der Waals surface area contributed by atoms with Crippen molar-refractivity contribution in [3.05, 3.63) is 29.3 Å². The minimum Gasteiger partial charge on any atom is -0.362 e. The van der Waals surface area contributed by atoms with E-state index in [2.05, 4.69) is 70.4 Å². The van der Waals surface area contributed by atoms with E-state index in [0.717, 1.165) is 12.2 Å². The van der Waals surface area contributed by atoms with Gasteiger partial charge in [-0.1, -0.05) is 52.8 Å². The van der Waals surface area contributed by atoms with E-state index in [-0.39, 0.29) is 5.41 Å². The first kappa shape index (κ1) is 16.0. The third-order valence-corrected chi connectivity index (χ3v) is 3.19. The van der Waals surface area contributed by atoms with E-state index in [1.165, 1.54) is 11.1 Å². The van der Waals surface area contributed by atoms with Crippen molar-refractivity contribution in [2.75, 3.05) is 11.9 Å². The third kappa shape index (κ3) is 5.19.